The average Bonchev–Trinajstić information content (AvgIpc) is 2.19. The monoisotopic (exact) mass is 191 g/mol. The maximum absolute atomic E-state index is 11.3. The molecule has 2 nitrogen and oxygen atoms in total. The van der Waals surface area contributed by atoms with Crippen molar-refractivity contribution >= 4 is 5.78 Å². The summed E-state index contributed by atoms with van der Waals surface area (Å²) >= 11 is 0. The fourth-order valence-corrected chi connectivity index (χ4v) is 1.30. The minimum atomic E-state index is 0.170. The van der Waals surface area contributed by atoms with E-state index >= 15 is 0 Å². The second kappa shape index (κ2) is 5.53. The Labute approximate surface area is 85.4 Å². The number of nitrogens with zero attached hydrogens (tertiary/aromatic N) is 1. The van der Waals surface area contributed by atoms with Gasteiger partial charge in [0, 0.05) is 24.7 Å². The summed E-state index contributed by atoms with van der Waals surface area (Å²) in [6.45, 7) is 3.90. The van der Waals surface area contributed by atoms with Crippen LogP contribution in [0.1, 0.15) is 32.3 Å². The van der Waals surface area contributed by atoms with Crippen LogP contribution in [-0.4, -0.2) is 10.8 Å². The molecule has 0 aromatic carbocycles. The van der Waals surface area contributed by atoms with Gasteiger partial charge < -0.3 is 0 Å². The Balaban J connectivity index is 2.26. The van der Waals surface area contributed by atoms with Gasteiger partial charge in [-0.3, -0.25) is 9.78 Å². The zero-order chi connectivity index (χ0) is 10.4. The summed E-state index contributed by atoms with van der Waals surface area (Å²) < 4.78 is 0. The number of Topliss-reactive ketones (excluding diaryl/α,β-unsaturated/α-hetero) is 1. The highest BCUT2D eigenvalue weighted by molar-refractivity contribution is 5.80. The minimum absolute atomic E-state index is 0.170. The molecule has 0 radical (unpaired) electrons. The highest BCUT2D eigenvalue weighted by atomic mass is 16.1. The molecule has 0 amide bonds. The van der Waals surface area contributed by atoms with Crippen molar-refractivity contribution in [2.75, 3.05) is 0 Å². The van der Waals surface area contributed by atoms with Gasteiger partial charge in [-0.15, -0.1) is 0 Å². The molecule has 2 heteroatoms. The van der Waals surface area contributed by atoms with Gasteiger partial charge >= 0.3 is 0 Å². The average molecular weight is 191 g/mol. The molecule has 0 aliphatic rings. The molecule has 0 fully saturated rings. The van der Waals surface area contributed by atoms with Crippen molar-refractivity contribution < 1.29 is 4.79 Å². The molecule has 0 spiro atoms. The lowest BCUT2D eigenvalue weighted by Gasteiger charge is -2.03. The van der Waals surface area contributed by atoms with Gasteiger partial charge in [0.2, 0.25) is 0 Å². The molecule has 0 unspecified atom stereocenters. The third kappa shape index (κ3) is 3.69. The molecule has 1 rings (SSSR count). The van der Waals surface area contributed by atoms with Gasteiger partial charge in [-0.2, -0.15) is 0 Å². The zero-order valence-corrected chi connectivity index (χ0v) is 8.86. The quantitative estimate of drug-likeness (QED) is 0.716. The van der Waals surface area contributed by atoms with E-state index in [1.807, 2.05) is 32.2 Å². The Bertz CT molecular complexity index is 280. The van der Waals surface area contributed by atoms with E-state index in [-0.39, 0.29) is 5.92 Å². The highest BCUT2D eigenvalue weighted by Crippen LogP contribution is 2.06. The standard InChI is InChI=1S/C12H17NO/c1-10(2)12(14)7-3-5-11-6-4-8-13-9-11/h4,6,8-10H,3,5,7H2,1-2H3. The zero-order valence-electron chi connectivity index (χ0n) is 8.86. The highest BCUT2D eigenvalue weighted by Gasteiger charge is 2.06. The van der Waals surface area contributed by atoms with E-state index in [0.717, 1.165) is 12.8 Å². The number of carbonyl (C=O) groups is 1. The number of rotatable bonds is 5. The fraction of sp³-hybridized carbons (Fsp3) is 0.500. The summed E-state index contributed by atoms with van der Waals surface area (Å²) in [5.74, 6) is 0.526. The van der Waals surface area contributed by atoms with Crippen LogP contribution >= 0.6 is 0 Å². The first-order chi connectivity index (χ1) is 6.70. The Morgan fingerprint density at radius 1 is 1.50 bits per heavy atom. The van der Waals surface area contributed by atoms with E-state index in [2.05, 4.69) is 4.98 Å². The molecule has 0 N–H and O–H groups in total. The first kappa shape index (κ1) is 10.9. The second-order valence-corrected chi connectivity index (χ2v) is 3.84. The Morgan fingerprint density at radius 2 is 2.29 bits per heavy atom. The fourth-order valence-electron chi connectivity index (χ4n) is 1.30. The predicted octanol–water partition coefficient (Wildman–Crippen LogP) is 2.63. The predicted molar refractivity (Wildman–Crippen MR) is 57.0 cm³/mol. The SMILES string of the molecule is CC(C)C(=O)CCCc1cccnc1. The topological polar surface area (TPSA) is 30.0 Å². The van der Waals surface area contributed by atoms with E-state index in [1.165, 1.54) is 5.56 Å². The molecule has 0 aliphatic carbocycles. The van der Waals surface area contributed by atoms with Crippen molar-refractivity contribution in [1.82, 2.24) is 4.98 Å². The van der Waals surface area contributed by atoms with Gasteiger partial charge in [0.25, 0.3) is 0 Å². The number of aryl methyl sites for hydroxylation is 1. The lowest BCUT2D eigenvalue weighted by Crippen LogP contribution is -2.06. The van der Waals surface area contributed by atoms with Crippen molar-refractivity contribution in [3.05, 3.63) is 30.1 Å². The smallest absolute Gasteiger partial charge is 0.135 e. The van der Waals surface area contributed by atoms with Crippen LogP contribution in [0.2, 0.25) is 0 Å². The number of ketones is 1. The molecule has 76 valence electrons. The number of pyridine rings is 1. The lowest BCUT2D eigenvalue weighted by molar-refractivity contribution is -0.121. The number of hydrogen-bond donors (Lipinski definition) is 0. The molecule has 0 aliphatic heterocycles. The molecule has 1 aromatic rings. The first-order valence-corrected chi connectivity index (χ1v) is 5.12. The van der Waals surface area contributed by atoms with E-state index in [4.69, 9.17) is 0 Å². The van der Waals surface area contributed by atoms with Crippen LogP contribution in [0.25, 0.3) is 0 Å². The van der Waals surface area contributed by atoms with E-state index in [0.29, 0.717) is 12.2 Å². The van der Waals surface area contributed by atoms with Gasteiger partial charge in [-0.1, -0.05) is 19.9 Å². The van der Waals surface area contributed by atoms with E-state index in [1.54, 1.807) is 6.20 Å². The molecular formula is C12H17NO. The summed E-state index contributed by atoms with van der Waals surface area (Å²) in [6, 6.07) is 3.98. The van der Waals surface area contributed by atoms with Crippen LogP contribution in [0.3, 0.4) is 0 Å². The molecule has 1 aromatic heterocycles. The second-order valence-electron chi connectivity index (χ2n) is 3.84. The van der Waals surface area contributed by atoms with E-state index < -0.39 is 0 Å². The summed E-state index contributed by atoms with van der Waals surface area (Å²) in [5.41, 5.74) is 1.21. The van der Waals surface area contributed by atoms with Crippen molar-refractivity contribution in [2.24, 2.45) is 5.92 Å². The van der Waals surface area contributed by atoms with Crippen LogP contribution < -0.4 is 0 Å². The van der Waals surface area contributed by atoms with Crippen LogP contribution in [-0.2, 0) is 11.2 Å². The molecule has 14 heavy (non-hydrogen) atoms. The Hall–Kier alpha value is -1.18. The Kier molecular flexibility index (Phi) is 4.30. The molecule has 0 atom stereocenters. The summed E-state index contributed by atoms with van der Waals surface area (Å²) in [6.07, 6.45) is 6.20. The van der Waals surface area contributed by atoms with Gasteiger partial charge in [-0.25, -0.2) is 0 Å². The third-order valence-corrected chi connectivity index (χ3v) is 2.26. The maximum atomic E-state index is 11.3. The Morgan fingerprint density at radius 3 is 2.86 bits per heavy atom. The van der Waals surface area contributed by atoms with Crippen LogP contribution in [0.4, 0.5) is 0 Å². The van der Waals surface area contributed by atoms with Gasteiger partial charge in [-0.05, 0) is 24.5 Å². The normalized spacial score (nSPS) is 10.5. The lowest BCUT2D eigenvalue weighted by atomic mass is 10.0. The van der Waals surface area contributed by atoms with Crippen molar-refractivity contribution in [1.29, 1.82) is 0 Å². The third-order valence-electron chi connectivity index (χ3n) is 2.26. The van der Waals surface area contributed by atoms with Crippen molar-refractivity contribution in [2.45, 2.75) is 33.1 Å². The summed E-state index contributed by atoms with van der Waals surface area (Å²) in [4.78, 5) is 15.4. The van der Waals surface area contributed by atoms with E-state index in [9.17, 15) is 4.79 Å². The first-order valence-electron chi connectivity index (χ1n) is 5.12. The maximum Gasteiger partial charge on any atom is 0.135 e. The van der Waals surface area contributed by atoms with Gasteiger partial charge in [0.1, 0.15) is 5.78 Å². The minimum Gasteiger partial charge on any atom is -0.299 e. The molecule has 1 heterocycles. The van der Waals surface area contributed by atoms with Crippen LogP contribution in [0.15, 0.2) is 24.5 Å². The number of hydrogen-bond acceptors (Lipinski definition) is 2. The largest absolute Gasteiger partial charge is 0.299 e. The number of carbonyl (C=O) groups excluding carboxylic acids is 1. The molecule has 0 bridgehead atoms. The molecule has 0 saturated carbocycles. The summed E-state index contributed by atoms with van der Waals surface area (Å²) in [5, 5.41) is 0. The van der Waals surface area contributed by atoms with Crippen molar-refractivity contribution in [3.8, 4) is 0 Å². The molecule has 0 saturated heterocycles. The van der Waals surface area contributed by atoms with Gasteiger partial charge in [0.15, 0.2) is 0 Å². The number of aromatic nitrogens is 1. The van der Waals surface area contributed by atoms with Crippen LogP contribution in [0, 0.1) is 5.92 Å². The molecular weight excluding hydrogens is 174 g/mol. The van der Waals surface area contributed by atoms with Crippen molar-refractivity contribution in [3.63, 3.8) is 0 Å². The summed E-state index contributed by atoms with van der Waals surface area (Å²) in [7, 11) is 0. The van der Waals surface area contributed by atoms with Crippen LogP contribution in [0.5, 0.6) is 0 Å². The van der Waals surface area contributed by atoms with Gasteiger partial charge in [0.05, 0.1) is 0 Å².